The van der Waals surface area contributed by atoms with E-state index >= 15 is 0 Å². The smallest absolute Gasteiger partial charge is 0.261 e. The van der Waals surface area contributed by atoms with Gasteiger partial charge in [0.05, 0.1) is 7.11 Å². The number of hydrogen-bond acceptors (Lipinski definition) is 4. The van der Waals surface area contributed by atoms with Gasteiger partial charge < -0.3 is 19.7 Å². The van der Waals surface area contributed by atoms with Gasteiger partial charge in [-0.05, 0) is 48.4 Å². The molecule has 0 spiro atoms. The van der Waals surface area contributed by atoms with Gasteiger partial charge in [0.2, 0.25) is 5.91 Å². The van der Waals surface area contributed by atoms with Gasteiger partial charge in [-0.15, -0.1) is 0 Å². The quantitative estimate of drug-likeness (QED) is 0.271. The number of carbonyl (C=O) groups excluding carboxylic acids is 2. The Bertz CT molecular complexity index is 1140. The fourth-order valence-corrected chi connectivity index (χ4v) is 4.33. The predicted octanol–water partition coefficient (Wildman–Crippen LogP) is 5.94. The lowest BCUT2D eigenvalue weighted by Crippen LogP contribution is -2.52. The van der Waals surface area contributed by atoms with Crippen LogP contribution in [0.1, 0.15) is 30.9 Å². The van der Waals surface area contributed by atoms with Crippen molar-refractivity contribution < 1.29 is 19.1 Å². The van der Waals surface area contributed by atoms with Gasteiger partial charge in [-0.3, -0.25) is 9.59 Å². The van der Waals surface area contributed by atoms with E-state index in [0.29, 0.717) is 40.1 Å². The Morgan fingerprint density at radius 1 is 0.919 bits per heavy atom. The third kappa shape index (κ3) is 8.41. The van der Waals surface area contributed by atoms with Gasteiger partial charge in [0.15, 0.2) is 6.61 Å². The van der Waals surface area contributed by atoms with E-state index in [1.165, 1.54) is 4.90 Å². The lowest BCUT2D eigenvalue weighted by molar-refractivity contribution is -0.142. The predicted molar refractivity (Wildman–Crippen MR) is 147 cm³/mol. The molecule has 0 saturated carbocycles. The summed E-state index contributed by atoms with van der Waals surface area (Å²) in [6.07, 6.45) is 2.11. The summed E-state index contributed by atoms with van der Waals surface area (Å²) in [5.41, 5.74) is 1.50. The highest BCUT2D eigenvalue weighted by molar-refractivity contribution is 6.36. The van der Waals surface area contributed by atoms with Crippen LogP contribution in [0.2, 0.25) is 10.0 Å². The van der Waals surface area contributed by atoms with Crippen LogP contribution in [0.25, 0.3) is 0 Å². The van der Waals surface area contributed by atoms with Crippen molar-refractivity contribution in [1.82, 2.24) is 10.2 Å². The van der Waals surface area contributed by atoms with Crippen molar-refractivity contribution in [2.75, 3.05) is 20.3 Å². The highest BCUT2D eigenvalue weighted by Gasteiger charge is 2.31. The molecule has 0 bridgehead atoms. The Labute approximate surface area is 228 Å². The first kappa shape index (κ1) is 28.4. The van der Waals surface area contributed by atoms with Gasteiger partial charge in [-0.2, -0.15) is 0 Å². The van der Waals surface area contributed by atoms with Crippen molar-refractivity contribution in [2.24, 2.45) is 0 Å². The number of unbranched alkanes of at least 4 members (excludes halogenated alkanes) is 1. The number of ether oxygens (including phenoxy) is 2. The summed E-state index contributed by atoms with van der Waals surface area (Å²) in [5.74, 6) is 0.592. The van der Waals surface area contributed by atoms with Crippen LogP contribution in [0.5, 0.6) is 11.5 Å². The standard InChI is InChI=1S/C29H32Cl2N2O4/c1-3-4-17-32-29(35)27(18-21-9-6-5-7-10-21)33(19-24-25(30)11-8-12-26(24)31)28(34)20-37-23-15-13-22(36-2)14-16-23/h5-16,27H,3-4,17-20H2,1-2H3,(H,32,35)/t27-/m0/s1. The first-order valence-corrected chi connectivity index (χ1v) is 13.0. The average molecular weight is 543 g/mol. The second-order valence-electron chi connectivity index (χ2n) is 8.54. The largest absolute Gasteiger partial charge is 0.497 e. The maximum atomic E-state index is 13.6. The molecule has 3 aromatic rings. The molecule has 3 rings (SSSR count). The number of halogens is 2. The zero-order valence-electron chi connectivity index (χ0n) is 21.1. The maximum absolute atomic E-state index is 13.6. The summed E-state index contributed by atoms with van der Waals surface area (Å²) < 4.78 is 11.0. The zero-order valence-corrected chi connectivity index (χ0v) is 22.6. The van der Waals surface area contributed by atoms with E-state index in [1.807, 2.05) is 30.3 Å². The van der Waals surface area contributed by atoms with E-state index in [2.05, 4.69) is 12.2 Å². The number of methoxy groups -OCH3 is 1. The number of carbonyl (C=O) groups is 2. The minimum absolute atomic E-state index is 0.0576. The van der Waals surface area contributed by atoms with Crippen molar-refractivity contribution >= 4 is 35.0 Å². The van der Waals surface area contributed by atoms with E-state index in [4.69, 9.17) is 32.7 Å². The van der Waals surface area contributed by atoms with Crippen LogP contribution in [0.4, 0.5) is 0 Å². The lowest BCUT2D eigenvalue weighted by Gasteiger charge is -2.32. The molecule has 2 amide bonds. The molecule has 0 aromatic heterocycles. The molecular weight excluding hydrogens is 511 g/mol. The number of nitrogens with zero attached hydrogens (tertiary/aromatic N) is 1. The molecule has 0 unspecified atom stereocenters. The summed E-state index contributed by atoms with van der Waals surface area (Å²) in [5, 5.41) is 3.83. The van der Waals surface area contributed by atoms with Gasteiger partial charge >= 0.3 is 0 Å². The molecule has 0 saturated heterocycles. The minimum atomic E-state index is -0.793. The van der Waals surface area contributed by atoms with E-state index in [-0.39, 0.29) is 25.0 Å². The Balaban J connectivity index is 1.91. The van der Waals surface area contributed by atoms with Gasteiger partial charge in [-0.25, -0.2) is 0 Å². The Hall–Kier alpha value is -3.22. The molecular formula is C29H32Cl2N2O4. The zero-order chi connectivity index (χ0) is 26.6. The molecule has 1 N–H and O–H groups in total. The normalized spacial score (nSPS) is 11.5. The van der Waals surface area contributed by atoms with Crippen LogP contribution >= 0.6 is 23.2 Å². The molecule has 0 heterocycles. The average Bonchev–Trinajstić information content (AvgIpc) is 2.91. The molecule has 37 heavy (non-hydrogen) atoms. The molecule has 0 aliphatic rings. The SMILES string of the molecule is CCCCNC(=O)[C@H](Cc1ccccc1)N(Cc1c(Cl)cccc1Cl)C(=O)COc1ccc(OC)cc1. The summed E-state index contributed by atoms with van der Waals surface area (Å²) in [6, 6.07) is 20.9. The number of benzene rings is 3. The van der Waals surface area contributed by atoms with Crippen LogP contribution in [0.3, 0.4) is 0 Å². The van der Waals surface area contributed by atoms with E-state index in [0.717, 1.165) is 18.4 Å². The number of rotatable bonds is 13. The molecule has 0 aliphatic heterocycles. The summed E-state index contributed by atoms with van der Waals surface area (Å²) in [4.78, 5) is 28.6. The first-order valence-electron chi connectivity index (χ1n) is 12.2. The second kappa shape index (κ2) is 14.5. The topological polar surface area (TPSA) is 67.9 Å². The van der Waals surface area contributed by atoms with Crippen molar-refractivity contribution in [3.8, 4) is 11.5 Å². The highest BCUT2D eigenvalue weighted by atomic mass is 35.5. The van der Waals surface area contributed by atoms with Crippen molar-refractivity contribution in [3.63, 3.8) is 0 Å². The van der Waals surface area contributed by atoms with Gasteiger partial charge in [0.1, 0.15) is 17.5 Å². The molecule has 6 nitrogen and oxygen atoms in total. The summed E-state index contributed by atoms with van der Waals surface area (Å²) in [7, 11) is 1.58. The van der Waals surface area contributed by atoms with Crippen LogP contribution in [-0.4, -0.2) is 43.0 Å². The fourth-order valence-electron chi connectivity index (χ4n) is 3.81. The number of nitrogens with one attached hydrogen (secondary N) is 1. The first-order chi connectivity index (χ1) is 17.9. The molecule has 8 heteroatoms. The number of amides is 2. The maximum Gasteiger partial charge on any atom is 0.261 e. The van der Waals surface area contributed by atoms with Crippen molar-refractivity contribution in [1.29, 1.82) is 0 Å². The van der Waals surface area contributed by atoms with Crippen LogP contribution in [-0.2, 0) is 22.6 Å². The Kier molecular flexibility index (Phi) is 11.1. The molecule has 0 radical (unpaired) electrons. The third-order valence-corrected chi connectivity index (χ3v) is 6.62. The highest BCUT2D eigenvalue weighted by Crippen LogP contribution is 2.27. The lowest BCUT2D eigenvalue weighted by atomic mass is 10.0. The van der Waals surface area contributed by atoms with E-state index < -0.39 is 6.04 Å². The van der Waals surface area contributed by atoms with E-state index in [9.17, 15) is 9.59 Å². The second-order valence-corrected chi connectivity index (χ2v) is 9.35. The Morgan fingerprint density at radius 3 is 2.19 bits per heavy atom. The summed E-state index contributed by atoms with van der Waals surface area (Å²) >= 11 is 12.9. The molecule has 1 atom stereocenters. The van der Waals surface area contributed by atoms with Gasteiger partial charge in [-0.1, -0.05) is 72.9 Å². The van der Waals surface area contributed by atoms with Gasteiger partial charge in [0, 0.05) is 35.1 Å². The molecule has 196 valence electrons. The van der Waals surface area contributed by atoms with Gasteiger partial charge in [0.25, 0.3) is 5.91 Å². The minimum Gasteiger partial charge on any atom is -0.497 e. The van der Waals surface area contributed by atoms with Crippen LogP contribution in [0.15, 0.2) is 72.8 Å². The monoisotopic (exact) mass is 542 g/mol. The third-order valence-electron chi connectivity index (χ3n) is 5.91. The number of hydrogen-bond donors (Lipinski definition) is 1. The molecule has 0 fully saturated rings. The van der Waals surface area contributed by atoms with Crippen molar-refractivity contribution in [2.45, 2.75) is 38.8 Å². The van der Waals surface area contributed by atoms with Crippen LogP contribution in [0, 0.1) is 0 Å². The molecule has 3 aromatic carbocycles. The summed E-state index contributed by atoms with van der Waals surface area (Å²) in [6.45, 7) is 2.38. The van der Waals surface area contributed by atoms with Crippen LogP contribution < -0.4 is 14.8 Å². The Morgan fingerprint density at radius 2 is 1.57 bits per heavy atom. The molecule has 0 aliphatic carbocycles. The fraction of sp³-hybridized carbons (Fsp3) is 0.310. The van der Waals surface area contributed by atoms with E-state index in [1.54, 1.807) is 49.6 Å². The van der Waals surface area contributed by atoms with Crippen molar-refractivity contribution in [3.05, 3.63) is 94.0 Å².